The lowest BCUT2D eigenvalue weighted by Gasteiger charge is -2.18. The number of hydrogen-bond donors (Lipinski definition) is 1. The predicted octanol–water partition coefficient (Wildman–Crippen LogP) is 2.82. The summed E-state index contributed by atoms with van der Waals surface area (Å²) in [6.45, 7) is 4.60. The zero-order valence-electron chi connectivity index (χ0n) is 9.39. The molecule has 1 nitrogen and oxygen atoms in total. The summed E-state index contributed by atoms with van der Waals surface area (Å²) in [6, 6.07) is 0. The molecule has 0 aromatic heterocycles. The first-order chi connectivity index (χ1) is 6.88. The van der Waals surface area contributed by atoms with E-state index < -0.39 is 0 Å². The summed E-state index contributed by atoms with van der Waals surface area (Å²) >= 11 is 0. The molecule has 1 fully saturated rings. The van der Waals surface area contributed by atoms with E-state index in [0.717, 1.165) is 18.3 Å². The SMILES string of the molecule is C#CCCC1CCCC1CNCCC. The van der Waals surface area contributed by atoms with Gasteiger partial charge in [-0.25, -0.2) is 0 Å². The molecule has 1 aliphatic carbocycles. The van der Waals surface area contributed by atoms with Crippen LogP contribution in [0.25, 0.3) is 0 Å². The lowest BCUT2D eigenvalue weighted by atomic mass is 9.91. The highest BCUT2D eigenvalue weighted by Gasteiger charge is 2.25. The monoisotopic (exact) mass is 193 g/mol. The molecule has 0 amide bonds. The van der Waals surface area contributed by atoms with Crippen LogP contribution in [0.3, 0.4) is 0 Å². The highest BCUT2D eigenvalue weighted by atomic mass is 14.9. The zero-order valence-corrected chi connectivity index (χ0v) is 9.39. The molecule has 0 bridgehead atoms. The Morgan fingerprint density at radius 3 is 2.86 bits per heavy atom. The average molecular weight is 193 g/mol. The normalized spacial score (nSPS) is 26.3. The number of hydrogen-bond acceptors (Lipinski definition) is 1. The summed E-state index contributed by atoms with van der Waals surface area (Å²) in [7, 11) is 0. The van der Waals surface area contributed by atoms with Crippen molar-refractivity contribution in [2.24, 2.45) is 11.8 Å². The van der Waals surface area contributed by atoms with Gasteiger partial charge in [-0.2, -0.15) is 0 Å². The van der Waals surface area contributed by atoms with E-state index >= 15 is 0 Å². The molecule has 80 valence electrons. The molecule has 0 aromatic carbocycles. The first-order valence-electron chi connectivity index (χ1n) is 6.02. The van der Waals surface area contributed by atoms with E-state index in [4.69, 9.17) is 6.42 Å². The van der Waals surface area contributed by atoms with Gasteiger partial charge in [-0.1, -0.05) is 19.8 Å². The van der Waals surface area contributed by atoms with Crippen LogP contribution in [0, 0.1) is 24.2 Å². The van der Waals surface area contributed by atoms with Gasteiger partial charge in [-0.3, -0.25) is 0 Å². The Morgan fingerprint density at radius 1 is 1.36 bits per heavy atom. The van der Waals surface area contributed by atoms with E-state index in [2.05, 4.69) is 18.2 Å². The van der Waals surface area contributed by atoms with E-state index in [0.29, 0.717) is 0 Å². The maximum Gasteiger partial charge on any atom is 0.00888 e. The molecule has 2 unspecified atom stereocenters. The summed E-state index contributed by atoms with van der Waals surface area (Å²) < 4.78 is 0. The fourth-order valence-corrected chi connectivity index (χ4v) is 2.50. The van der Waals surface area contributed by atoms with Crippen LogP contribution in [0.4, 0.5) is 0 Å². The van der Waals surface area contributed by atoms with Crippen molar-refractivity contribution in [2.45, 2.75) is 45.4 Å². The molecule has 0 spiro atoms. The summed E-state index contributed by atoms with van der Waals surface area (Å²) in [6.07, 6.45) is 13.0. The second-order valence-electron chi connectivity index (χ2n) is 4.40. The first-order valence-corrected chi connectivity index (χ1v) is 6.02. The van der Waals surface area contributed by atoms with Crippen molar-refractivity contribution in [1.29, 1.82) is 0 Å². The molecule has 1 heteroatoms. The van der Waals surface area contributed by atoms with Gasteiger partial charge in [0.1, 0.15) is 0 Å². The highest BCUT2D eigenvalue weighted by molar-refractivity contribution is 4.87. The molecule has 14 heavy (non-hydrogen) atoms. The van der Waals surface area contributed by atoms with Crippen LogP contribution in [0.15, 0.2) is 0 Å². The quantitative estimate of drug-likeness (QED) is 0.505. The van der Waals surface area contributed by atoms with Gasteiger partial charge in [0.25, 0.3) is 0 Å². The Balaban J connectivity index is 2.18. The van der Waals surface area contributed by atoms with E-state index in [9.17, 15) is 0 Å². The molecule has 1 rings (SSSR count). The van der Waals surface area contributed by atoms with Gasteiger partial charge in [0.05, 0.1) is 0 Å². The molecule has 0 aliphatic heterocycles. The van der Waals surface area contributed by atoms with Crippen molar-refractivity contribution < 1.29 is 0 Å². The van der Waals surface area contributed by atoms with Gasteiger partial charge < -0.3 is 5.32 Å². The van der Waals surface area contributed by atoms with Crippen molar-refractivity contribution in [1.82, 2.24) is 5.32 Å². The predicted molar refractivity (Wildman–Crippen MR) is 62.1 cm³/mol. The topological polar surface area (TPSA) is 12.0 Å². The smallest absolute Gasteiger partial charge is 0.00888 e. The molecular weight excluding hydrogens is 170 g/mol. The maximum absolute atomic E-state index is 5.31. The van der Waals surface area contributed by atoms with Crippen molar-refractivity contribution in [3.63, 3.8) is 0 Å². The van der Waals surface area contributed by atoms with E-state index in [1.807, 2.05) is 0 Å². The van der Waals surface area contributed by atoms with E-state index in [1.165, 1.54) is 45.2 Å². The standard InChI is InChI=1S/C13H23N/c1-3-5-7-12-8-6-9-13(12)11-14-10-4-2/h1,12-14H,4-11H2,2H3. The fraction of sp³-hybridized carbons (Fsp3) is 0.846. The van der Waals surface area contributed by atoms with Gasteiger partial charge in [0, 0.05) is 6.42 Å². The van der Waals surface area contributed by atoms with Gasteiger partial charge >= 0.3 is 0 Å². The van der Waals surface area contributed by atoms with Crippen LogP contribution in [0.5, 0.6) is 0 Å². The van der Waals surface area contributed by atoms with Gasteiger partial charge in [0.2, 0.25) is 0 Å². The van der Waals surface area contributed by atoms with Crippen LogP contribution in [0.2, 0.25) is 0 Å². The second-order valence-corrected chi connectivity index (χ2v) is 4.40. The lowest BCUT2D eigenvalue weighted by Crippen LogP contribution is -2.25. The molecule has 1 aliphatic rings. The molecule has 2 atom stereocenters. The van der Waals surface area contributed by atoms with Crippen LogP contribution >= 0.6 is 0 Å². The Labute approximate surface area is 88.7 Å². The second kappa shape index (κ2) is 6.90. The highest BCUT2D eigenvalue weighted by Crippen LogP contribution is 2.34. The Kier molecular flexibility index (Phi) is 5.71. The number of terminal acetylenes is 1. The van der Waals surface area contributed by atoms with Crippen molar-refractivity contribution in [2.75, 3.05) is 13.1 Å². The minimum atomic E-state index is 0.898. The summed E-state index contributed by atoms with van der Waals surface area (Å²) in [5.74, 6) is 4.56. The number of nitrogens with one attached hydrogen (secondary N) is 1. The van der Waals surface area contributed by atoms with Crippen LogP contribution in [-0.4, -0.2) is 13.1 Å². The zero-order chi connectivity index (χ0) is 10.2. The number of rotatable bonds is 6. The van der Waals surface area contributed by atoms with Crippen molar-refractivity contribution >= 4 is 0 Å². The van der Waals surface area contributed by atoms with Gasteiger partial charge in [-0.05, 0) is 44.2 Å². The lowest BCUT2D eigenvalue weighted by molar-refractivity contribution is 0.351. The molecule has 1 N–H and O–H groups in total. The summed E-state index contributed by atoms with van der Waals surface area (Å²) in [5.41, 5.74) is 0. The molecular formula is C13H23N. The molecule has 0 saturated heterocycles. The maximum atomic E-state index is 5.31. The molecule has 1 saturated carbocycles. The third-order valence-electron chi connectivity index (χ3n) is 3.31. The Bertz CT molecular complexity index is 180. The molecule has 0 aromatic rings. The minimum absolute atomic E-state index is 0.898. The van der Waals surface area contributed by atoms with Crippen LogP contribution in [-0.2, 0) is 0 Å². The Hall–Kier alpha value is -0.480. The molecule has 0 radical (unpaired) electrons. The summed E-state index contributed by atoms with van der Waals surface area (Å²) in [4.78, 5) is 0. The Morgan fingerprint density at radius 2 is 2.14 bits per heavy atom. The van der Waals surface area contributed by atoms with Crippen LogP contribution in [0.1, 0.15) is 45.4 Å². The van der Waals surface area contributed by atoms with Crippen molar-refractivity contribution in [3.8, 4) is 12.3 Å². The van der Waals surface area contributed by atoms with Gasteiger partial charge in [-0.15, -0.1) is 12.3 Å². The molecule has 0 heterocycles. The van der Waals surface area contributed by atoms with E-state index in [-0.39, 0.29) is 0 Å². The first kappa shape index (κ1) is 11.6. The van der Waals surface area contributed by atoms with Crippen LogP contribution < -0.4 is 5.32 Å². The summed E-state index contributed by atoms with van der Waals surface area (Å²) in [5, 5.41) is 3.53. The van der Waals surface area contributed by atoms with E-state index in [1.54, 1.807) is 0 Å². The van der Waals surface area contributed by atoms with Gasteiger partial charge in [0.15, 0.2) is 0 Å². The third-order valence-corrected chi connectivity index (χ3v) is 3.31. The van der Waals surface area contributed by atoms with Crippen molar-refractivity contribution in [3.05, 3.63) is 0 Å². The average Bonchev–Trinajstić information content (AvgIpc) is 2.63. The minimum Gasteiger partial charge on any atom is -0.316 e. The fourth-order valence-electron chi connectivity index (χ4n) is 2.50. The largest absolute Gasteiger partial charge is 0.316 e. The third kappa shape index (κ3) is 3.72.